The summed E-state index contributed by atoms with van der Waals surface area (Å²) < 4.78 is 26.9. The van der Waals surface area contributed by atoms with Crippen LogP contribution in [0.1, 0.15) is 51.9 Å². The van der Waals surface area contributed by atoms with Crippen molar-refractivity contribution in [2.45, 2.75) is 51.9 Å². The Hall–Kier alpha value is -0.280. The third-order valence-electron chi connectivity index (χ3n) is 4.59. The molecular weight excluding hydrogens is 374 g/mol. The van der Waals surface area contributed by atoms with Crippen molar-refractivity contribution < 1.29 is 28.8 Å². The molecule has 0 atom stereocenters. The maximum Gasteiger partial charge on any atom is 0.0701 e. The van der Waals surface area contributed by atoms with Gasteiger partial charge in [0.05, 0.1) is 66.1 Å². The van der Waals surface area contributed by atoms with Crippen molar-refractivity contribution in [2.24, 2.45) is 0 Å². The van der Waals surface area contributed by atoms with E-state index in [0.717, 1.165) is 19.6 Å². The summed E-state index contributed by atoms with van der Waals surface area (Å²) >= 11 is 0. The standard InChI is InChI=1S/C22H47NO6/c1-3-4-5-6-7-8-9-10-23(11-14-26-19-21-28-16-13-24)12-15-27-20-22-29-18-17-25-2/h24H,3-22H2,1-2H3. The van der Waals surface area contributed by atoms with Gasteiger partial charge in [0.2, 0.25) is 0 Å². The minimum Gasteiger partial charge on any atom is -0.394 e. The van der Waals surface area contributed by atoms with E-state index >= 15 is 0 Å². The molecule has 1 N–H and O–H groups in total. The van der Waals surface area contributed by atoms with Crippen LogP contribution in [0.2, 0.25) is 0 Å². The molecule has 7 heteroatoms. The predicted octanol–water partition coefficient (Wildman–Crippen LogP) is 2.74. The van der Waals surface area contributed by atoms with Crippen molar-refractivity contribution in [1.82, 2.24) is 4.90 Å². The molecule has 29 heavy (non-hydrogen) atoms. The van der Waals surface area contributed by atoms with Crippen LogP contribution >= 0.6 is 0 Å². The van der Waals surface area contributed by atoms with Gasteiger partial charge in [-0.05, 0) is 13.0 Å². The van der Waals surface area contributed by atoms with Gasteiger partial charge < -0.3 is 28.8 Å². The second-order valence-electron chi connectivity index (χ2n) is 7.13. The van der Waals surface area contributed by atoms with Gasteiger partial charge >= 0.3 is 0 Å². The van der Waals surface area contributed by atoms with Gasteiger partial charge in [0.25, 0.3) is 0 Å². The monoisotopic (exact) mass is 421 g/mol. The van der Waals surface area contributed by atoms with Crippen molar-refractivity contribution in [1.29, 1.82) is 0 Å². The minimum atomic E-state index is 0.0592. The molecule has 0 bridgehead atoms. The number of aliphatic hydroxyl groups is 1. The average molecular weight is 422 g/mol. The highest BCUT2D eigenvalue weighted by Crippen LogP contribution is 2.07. The van der Waals surface area contributed by atoms with Crippen molar-refractivity contribution in [3.05, 3.63) is 0 Å². The molecule has 0 heterocycles. The normalized spacial score (nSPS) is 11.6. The Bertz CT molecular complexity index is 278. The van der Waals surface area contributed by atoms with E-state index in [1.165, 1.54) is 44.9 Å². The molecule has 0 aromatic heterocycles. The zero-order valence-electron chi connectivity index (χ0n) is 19.1. The molecule has 0 rings (SSSR count). The third-order valence-corrected chi connectivity index (χ3v) is 4.59. The number of nitrogens with zero attached hydrogens (tertiary/aromatic N) is 1. The number of hydrogen-bond donors (Lipinski definition) is 1. The summed E-state index contributed by atoms with van der Waals surface area (Å²) in [6.07, 6.45) is 9.25. The van der Waals surface area contributed by atoms with Crippen LogP contribution in [0.5, 0.6) is 0 Å². The molecule has 0 aromatic rings. The smallest absolute Gasteiger partial charge is 0.0701 e. The lowest BCUT2D eigenvalue weighted by molar-refractivity contribution is 0.0114. The lowest BCUT2D eigenvalue weighted by atomic mass is 10.1. The first-order valence-corrected chi connectivity index (χ1v) is 11.5. The van der Waals surface area contributed by atoms with Gasteiger partial charge in [-0.2, -0.15) is 0 Å². The molecule has 0 fully saturated rings. The molecule has 0 radical (unpaired) electrons. The maximum absolute atomic E-state index is 8.68. The van der Waals surface area contributed by atoms with Crippen molar-refractivity contribution in [2.75, 3.05) is 92.8 Å². The third kappa shape index (κ3) is 23.9. The zero-order valence-corrected chi connectivity index (χ0v) is 19.1. The molecule has 0 amide bonds. The van der Waals surface area contributed by atoms with Crippen molar-refractivity contribution in [3.8, 4) is 0 Å². The molecule has 176 valence electrons. The average Bonchev–Trinajstić information content (AvgIpc) is 2.73. The number of hydrogen-bond acceptors (Lipinski definition) is 7. The van der Waals surface area contributed by atoms with Gasteiger partial charge in [-0.3, -0.25) is 4.90 Å². The first-order chi connectivity index (χ1) is 14.3. The lowest BCUT2D eigenvalue weighted by Gasteiger charge is -2.22. The molecule has 0 spiro atoms. The van der Waals surface area contributed by atoms with Crippen molar-refractivity contribution >= 4 is 0 Å². The Balaban J connectivity index is 3.80. The van der Waals surface area contributed by atoms with Crippen LogP contribution in [0, 0.1) is 0 Å². The van der Waals surface area contributed by atoms with E-state index in [1.54, 1.807) is 7.11 Å². The molecular formula is C22H47NO6. The van der Waals surface area contributed by atoms with Crippen LogP contribution in [0.3, 0.4) is 0 Å². The van der Waals surface area contributed by atoms with E-state index in [4.69, 9.17) is 28.8 Å². The molecule has 0 aromatic carbocycles. The van der Waals surface area contributed by atoms with E-state index in [1.807, 2.05) is 0 Å². The number of ether oxygens (including phenoxy) is 5. The summed E-state index contributed by atoms with van der Waals surface area (Å²) in [6.45, 7) is 10.6. The van der Waals surface area contributed by atoms with Gasteiger partial charge in [-0.1, -0.05) is 45.4 Å². The zero-order chi connectivity index (χ0) is 21.3. The highest BCUT2D eigenvalue weighted by molar-refractivity contribution is 4.58. The maximum atomic E-state index is 8.68. The topological polar surface area (TPSA) is 69.6 Å². The summed E-state index contributed by atoms with van der Waals surface area (Å²) in [5.74, 6) is 0. The van der Waals surface area contributed by atoms with E-state index in [9.17, 15) is 0 Å². The van der Waals surface area contributed by atoms with Crippen molar-refractivity contribution in [3.63, 3.8) is 0 Å². The Kier molecular flexibility index (Phi) is 25.5. The Morgan fingerprint density at radius 3 is 1.59 bits per heavy atom. The fourth-order valence-electron chi connectivity index (χ4n) is 2.87. The number of rotatable bonds is 25. The van der Waals surface area contributed by atoms with Gasteiger partial charge in [0, 0.05) is 20.2 Å². The Morgan fingerprint density at radius 2 is 1.03 bits per heavy atom. The summed E-state index contributed by atoms with van der Waals surface area (Å²) in [7, 11) is 1.67. The SMILES string of the molecule is CCCCCCCCCN(CCOCCOCCO)CCOCCOCCOC. The predicted molar refractivity (Wildman–Crippen MR) is 117 cm³/mol. The largest absolute Gasteiger partial charge is 0.394 e. The Labute approximate surface area is 179 Å². The number of unbranched alkanes of at least 4 members (excludes halogenated alkanes) is 6. The van der Waals surface area contributed by atoms with E-state index in [2.05, 4.69) is 11.8 Å². The van der Waals surface area contributed by atoms with Crippen LogP contribution in [0.25, 0.3) is 0 Å². The highest BCUT2D eigenvalue weighted by Gasteiger charge is 2.05. The van der Waals surface area contributed by atoms with Crippen LogP contribution in [0.15, 0.2) is 0 Å². The summed E-state index contributed by atoms with van der Waals surface area (Å²) in [5, 5.41) is 8.68. The first kappa shape index (κ1) is 28.7. The molecule has 0 saturated carbocycles. The molecule has 0 aliphatic carbocycles. The molecule has 7 nitrogen and oxygen atoms in total. The van der Waals surface area contributed by atoms with Crippen LogP contribution in [-0.4, -0.2) is 103 Å². The first-order valence-electron chi connectivity index (χ1n) is 11.5. The van der Waals surface area contributed by atoms with E-state index in [-0.39, 0.29) is 6.61 Å². The fraction of sp³-hybridized carbons (Fsp3) is 1.00. The second-order valence-corrected chi connectivity index (χ2v) is 7.13. The quantitative estimate of drug-likeness (QED) is 0.227. The minimum absolute atomic E-state index is 0.0592. The van der Waals surface area contributed by atoms with Gasteiger partial charge in [-0.25, -0.2) is 0 Å². The van der Waals surface area contributed by atoms with Crippen LogP contribution < -0.4 is 0 Å². The van der Waals surface area contributed by atoms with E-state index in [0.29, 0.717) is 59.5 Å². The number of methoxy groups -OCH3 is 1. The van der Waals surface area contributed by atoms with E-state index < -0.39 is 0 Å². The Morgan fingerprint density at radius 1 is 0.552 bits per heavy atom. The van der Waals surface area contributed by atoms with Gasteiger partial charge in [0.15, 0.2) is 0 Å². The van der Waals surface area contributed by atoms with Gasteiger partial charge in [0.1, 0.15) is 0 Å². The van der Waals surface area contributed by atoms with Crippen LogP contribution in [0.4, 0.5) is 0 Å². The second kappa shape index (κ2) is 25.8. The van der Waals surface area contributed by atoms with Gasteiger partial charge in [-0.15, -0.1) is 0 Å². The molecule has 0 aliphatic rings. The molecule has 0 aliphatic heterocycles. The lowest BCUT2D eigenvalue weighted by Crippen LogP contribution is -2.32. The fourth-order valence-corrected chi connectivity index (χ4v) is 2.87. The van der Waals surface area contributed by atoms with Crippen LogP contribution in [-0.2, 0) is 23.7 Å². The summed E-state index contributed by atoms with van der Waals surface area (Å²) in [6, 6.07) is 0. The molecule has 0 unspecified atom stereocenters. The summed E-state index contributed by atoms with van der Waals surface area (Å²) in [4.78, 5) is 2.42. The summed E-state index contributed by atoms with van der Waals surface area (Å²) in [5.41, 5.74) is 0. The number of aliphatic hydroxyl groups excluding tert-OH is 1. The highest BCUT2D eigenvalue weighted by atomic mass is 16.5. The molecule has 0 saturated heterocycles.